The van der Waals surface area contributed by atoms with Gasteiger partial charge < -0.3 is 10.1 Å². The summed E-state index contributed by atoms with van der Waals surface area (Å²) in [6, 6.07) is 0. The quantitative estimate of drug-likeness (QED) is 0.666. The van der Waals surface area contributed by atoms with E-state index in [1.54, 1.807) is 0 Å². The number of hydrogen-bond donors (Lipinski definition) is 1. The van der Waals surface area contributed by atoms with Crippen molar-refractivity contribution in [2.24, 2.45) is 0 Å². The molecule has 0 radical (unpaired) electrons. The molecular weight excluding hydrogens is 168 g/mol. The number of amides is 1. The van der Waals surface area contributed by atoms with E-state index in [9.17, 15) is 4.79 Å². The van der Waals surface area contributed by atoms with Crippen LogP contribution in [0.25, 0.3) is 0 Å². The number of rotatable bonds is 3. The zero-order valence-electron chi connectivity index (χ0n) is 8.21. The lowest BCUT2D eigenvalue weighted by Gasteiger charge is -2.17. The van der Waals surface area contributed by atoms with Crippen LogP contribution in [0.2, 0.25) is 0 Å². The van der Waals surface area contributed by atoms with E-state index in [-0.39, 0.29) is 5.91 Å². The zero-order chi connectivity index (χ0) is 9.52. The van der Waals surface area contributed by atoms with Crippen LogP contribution in [-0.4, -0.2) is 50.2 Å². The molecule has 13 heavy (non-hydrogen) atoms. The first-order chi connectivity index (χ1) is 6.33. The molecule has 1 fully saturated rings. The molecule has 1 aliphatic rings. The molecule has 1 saturated heterocycles. The molecular formula is C9H18N2O2. The van der Waals surface area contributed by atoms with Crippen LogP contribution < -0.4 is 5.32 Å². The van der Waals surface area contributed by atoms with E-state index in [1.807, 2.05) is 6.92 Å². The van der Waals surface area contributed by atoms with E-state index in [0.717, 1.165) is 32.7 Å². The van der Waals surface area contributed by atoms with Crippen LogP contribution in [0.1, 0.15) is 13.3 Å². The highest BCUT2D eigenvalue weighted by Crippen LogP contribution is 1.97. The predicted octanol–water partition coefficient (Wildman–Crippen LogP) is -0.155. The van der Waals surface area contributed by atoms with Gasteiger partial charge >= 0.3 is 0 Å². The van der Waals surface area contributed by atoms with Crippen molar-refractivity contribution in [3.63, 3.8) is 0 Å². The molecule has 76 valence electrons. The lowest BCUT2D eigenvalue weighted by Crippen LogP contribution is -2.38. The normalized spacial score (nSPS) is 19.5. The third-order valence-electron chi connectivity index (χ3n) is 2.06. The Balaban J connectivity index is 2.21. The van der Waals surface area contributed by atoms with Gasteiger partial charge in [-0.3, -0.25) is 9.69 Å². The van der Waals surface area contributed by atoms with Crippen LogP contribution in [0.5, 0.6) is 0 Å². The monoisotopic (exact) mass is 186 g/mol. The van der Waals surface area contributed by atoms with E-state index in [2.05, 4.69) is 10.2 Å². The predicted molar refractivity (Wildman–Crippen MR) is 50.6 cm³/mol. The summed E-state index contributed by atoms with van der Waals surface area (Å²) in [5.74, 6) is 0.115. The minimum Gasteiger partial charge on any atom is -0.380 e. The molecule has 0 spiro atoms. The zero-order valence-corrected chi connectivity index (χ0v) is 8.21. The van der Waals surface area contributed by atoms with Crippen molar-refractivity contribution in [3.05, 3.63) is 0 Å². The van der Waals surface area contributed by atoms with E-state index in [0.29, 0.717) is 13.1 Å². The second-order valence-electron chi connectivity index (χ2n) is 3.20. The second-order valence-corrected chi connectivity index (χ2v) is 3.20. The van der Waals surface area contributed by atoms with Crippen molar-refractivity contribution in [2.45, 2.75) is 13.3 Å². The van der Waals surface area contributed by atoms with Crippen molar-refractivity contribution in [1.82, 2.24) is 10.2 Å². The summed E-state index contributed by atoms with van der Waals surface area (Å²) in [6.07, 6.45) is 1.03. The van der Waals surface area contributed by atoms with E-state index < -0.39 is 0 Å². The van der Waals surface area contributed by atoms with Gasteiger partial charge in [0.1, 0.15) is 0 Å². The first-order valence-electron chi connectivity index (χ1n) is 4.89. The molecule has 0 aliphatic carbocycles. The molecule has 1 heterocycles. The number of carbonyl (C=O) groups excluding carboxylic acids is 1. The lowest BCUT2D eigenvalue weighted by atomic mass is 10.4. The Morgan fingerprint density at radius 2 is 2.31 bits per heavy atom. The van der Waals surface area contributed by atoms with Gasteiger partial charge in [-0.25, -0.2) is 0 Å². The summed E-state index contributed by atoms with van der Waals surface area (Å²) in [5, 5.41) is 2.79. The molecule has 4 nitrogen and oxygen atoms in total. The summed E-state index contributed by atoms with van der Waals surface area (Å²) in [6.45, 7) is 6.57. The van der Waals surface area contributed by atoms with Gasteiger partial charge in [0.05, 0.1) is 13.2 Å². The van der Waals surface area contributed by atoms with Gasteiger partial charge in [-0.15, -0.1) is 0 Å². The summed E-state index contributed by atoms with van der Waals surface area (Å²) in [4.78, 5) is 13.4. The third-order valence-corrected chi connectivity index (χ3v) is 2.06. The topological polar surface area (TPSA) is 41.6 Å². The number of hydrogen-bond acceptors (Lipinski definition) is 3. The lowest BCUT2D eigenvalue weighted by molar-refractivity contribution is -0.122. The molecule has 0 unspecified atom stereocenters. The minimum absolute atomic E-state index is 0.115. The standard InChI is InChI=1S/C9H18N2O2/c1-2-10-9(12)8-11-4-3-6-13-7-5-11/h2-8H2,1H3,(H,10,12). The van der Waals surface area contributed by atoms with Crippen molar-refractivity contribution in [1.29, 1.82) is 0 Å². The summed E-state index contributed by atoms with van der Waals surface area (Å²) < 4.78 is 5.29. The van der Waals surface area contributed by atoms with Crippen molar-refractivity contribution in [2.75, 3.05) is 39.4 Å². The Kier molecular flexibility index (Phi) is 4.78. The molecule has 0 aromatic rings. The first-order valence-corrected chi connectivity index (χ1v) is 4.89. The Hall–Kier alpha value is -0.610. The van der Waals surface area contributed by atoms with Crippen molar-refractivity contribution >= 4 is 5.91 Å². The highest BCUT2D eigenvalue weighted by atomic mass is 16.5. The van der Waals surface area contributed by atoms with Gasteiger partial charge in [0.15, 0.2) is 0 Å². The Morgan fingerprint density at radius 3 is 3.08 bits per heavy atom. The molecule has 1 aliphatic heterocycles. The molecule has 4 heteroatoms. The Morgan fingerprint density at radius 1 is 1.46 bits per heavy atom. The van der Waals surface area contributed by atoms with Crippen molar-refractivity contribution in [3.8, 4) is 0 Å². The minimum atomic E-state index is 0.115. The first kappa shape index (κ1) is 10.5. The number of nitrogens with zero attached hydrogens (tertiary/aromatic N) is 1. The fourth-order valence-corrected chi connectivity index (χ4v) is 1.41. The SMILES string of the molecule is CCNC(=O)CN1CCCOCC1. The molecule has 1 rings (SSSR count). The molecule has 0 atom stereocenters. The molecule has 0 saturated carbocycles. The number of ether oxygens (including phenoxy) is 1. The van der Waals surface area contributed by atoms with Gasteiger partial charge in [-0.1, -0.05) is 0 Å². The number of likely N-dealkylation sites (N-methyl/N-ethyl adjacent to an activating group) is 1. The highest BCUT2D eigenvalue weighted by Gasteiger charge is 2.11. The average Bonchev–Trinajstić information content (AvgIpc) is 2.33. The summed E-state index contributed by atoms with van der Waals surface area (Å²) in [5.41, 5.74) is 0. The van der Waals surface area contributed by atoms with Crippen LogP contribution in [0, 0.1) is 0 Å². The fraction of sp³-hybridized carbons (Fsp3) is 0.889. The van der Waals surface area contributed by atoms with Gasteiger partial charge in [0.2, 0.25) is 5.91 Å². The van der Waals surface area contributed by atoms with Gasteiger partial charge in [-0.05, 0) is 13.3 Å². The van der Waals surface area contributed by atoms with Gasteiger partial charge in [-0.2, -0.15) is 0 Å². The molecule has 1 amide bonds. The second kappa shape index (κ2) is 5.94. The summed E-state index contributed by atoms with van der Waals surface area (Å²) >= 11 is 0. The highest BCUT2D eigenvalue weighted by molar-refractivity contribution is 5.77. The van der Waals surface area contributed by atoms with E-state index >= 15 is 0 Å². The molecule has 0 aromatic heterocycles. The molecule has 0 aromatic carbocycles. The number of nitrogens with one attached hydrogen (secondary N) is 1. The smallest absolute Gasteiger partial charge is 0.234 e. The maximum absolute atomic E-state index is 11.2. The van der Waals surface area contributed by atoms with Crippen LogP contribution in [0.3, 0.4) is 0 Å². The van der Waals surface area contributed by atoms with Gasteiger partial charge in [0, 0.05) is 26.2 Å². The molecule has 0 bridgehead atoms. The van der Waals surface area contributed by atoms with Crippen molar-refractivity contribution < 1.29 is 9.53 Å². The Bertz CT molecular complexity index is 154. The van der Waals surface area contributed by atoms with Crippen LogP contribution in [0.4, 0.5) is 0 Å². The van der Waals surface area contributed by atoms with Gasteiger partial charge in [0.25, 0.3) is 0 Å². The van der Waals surface area contributed by atoms with Crippen LogP contribution >= 0.6 is 0 Å². The fourth-order valence-electron chi connectivity index (χ4n) is 1.41. The third kappa shape index (κ3) is 4.24. The Labute approximate surface area is 79.2 Å². The maximum atomic E-state index is 11.2. The largest absolute Gasteiger partial charge is 0.380 e. The van der Waals surface area contributed by atoms with E-state index in [4.69, 9.17) is 4.74 Å². The number of carbonyl (C=O) groups is 1. The summed E-state index contributed by atoms with van der Waals surface area (Å²) in [7, 11) is 0. The average molecular weight is 186 g/mol. The van der Waals surface area contributed by atoms with Crippen LogP contribution in [0.15, 0.2) is 0 Å². The maximum Gasteiger partial charge on any atom is 0.234 e. The van der Waals surface area contributed by atoms with E-state index in [1.165, 1.54) is 0 Å². The van der Waals surface area contributed by atoms with Crippen LogP contribution in [-0.2, 0) is 9.53 Å². The molecule has 1 N–H and O–H groups in total.